The number of methoxy groups -OCH3 is 1. The largest absolute Gasteiger partial charge is 0.380 e. The molecule has 3 rings (SSSR count). The quantitative estimate of drug-likeness (QED) is 0.379. The van der Waals surface area contributed by atoms with E-state index in [4.69, 9.17) is 19.2 Å². The van der Waals surface area contributed by atoms with Crippen LogP contribution in [0.25, 0.3) is 0 Å². The standard InChI is InChI=1S/C20H31N3O3.HI/c1-3-21-20(22-13-16-6-8-17(9-7-16)15-24-2)23-10-12-26-19(14-23)18-5-4-11-25-18;/h6-9,18-19H,3-5,10-15H2,1-2H3,(H,21,22);1H. The number of nitrogens with one attached hydrogen (secondary N) is 1. The van der Waals surface area contributed by atoms with Crippen molar-refractivity contribution in [2.45, 2.75) is 45.1 Å². The average Bonchev–Trinajstić information content (AvgIpc) is 3.21. The first-order chi connectivity index (χ1) is 12.8. The highest BCUT2D eigenvalue weighted by Crippen LogP contribution is 2.21. The highest BCUT2D eigenvalue weighted by Gasteiger charge is 2.32. The molecule has 0 amide bonds. The number of rotatable bonds is 6. The molecular weight excluding hydrogens is 457 g/mol. The van der Waals surface area contributed by atoms with Crippen molar-refractivity contribution in [3.05, 3.63) is 35.4 Å². The molecule has 1 aromatic rings. The van der Waals surface area contributed by atoms with E-state index in [0.29, 0.717) is 13.2 Å². The summed E-state index contributed by atoms with van der Waals surface area (Å²) in [5, 5.41) is 3.42. The van der Waals surface area contributed by atoms with Gasteiger partial charge in [0.25, 0.3) is 0 Å². The highest BCUT2D eigenvalue weighted by atomic mass is 127. The van der Waals surface area contributed by atoms with Gasteiger partial charge in [0.1, 0.15) is 6.10 Å². The number of morpholine rings is 1. The molecule has 6 nitrogen and oxygen atoms in total. The number of benzene rings is 1. The van der Waals surface area contributed by atoms with Gasteiger partial charge in [0, 0.05) is 33.4 Å². The Bertz CT molecular complexity index is 576. The van der Waals surface area contributed by atoms with Crippen LogP contribution in [0.4, 0.5) is 0 Å². The highest BCUT2D eigenvalue weighted by molar-refractivity contribution is 14.0. The third-order valence-corrected chi connectivity index (χ3v) is 4.85. The molecule has 0 saturated carbocycles. The molecule has 0 radical (unpaired) electrons. The van der Waals surface area contributed by atoms with Gasteiger partial charge in [0.05, 0.1) is 25.9 Å². The molecule has 0 spiro atoms. The normalized spacial score (nSPS) is 23.2. The lowest BCUT2D eigenvalue weighted by molar-refractivity contribution is -0.0817. The molecule has 0 aromatic heterocycles. The Labute approximate surface area is 179 Å². The Hall–Kier alpha value is -0.900. The first-order valence-corrected chi connectivity index (χ1v) is 9.63. The summed E-state index contributed by atoms with van der Waals surface area (Å²) >= 11 is 0. The van der Waals surface area contributed by atoms with Crippen molar-refractivity contribution in [1.82, 2.24) is 10.2 Å². The molecule has 152 valence electrons. The molecule has 2 unspecified atom stereocenters. The van der Waals surface area contributed by atoms with Crippen molar-refractivity contribution in [2.75, 3.05) is 40.0 Å². The Morgan fingerprint density at radius 3 is 2.59 bits per heavy atom. The molecule has 1 aromatic carbocycles. The van der Waals surface area contributed by atoms with Gasteiger partial charge in [-0.1, -0.05) is 24.3 Å². The molecule has 0 aliphatic carbocycles. The van der Waals surface area contributed by atoms with E-state index >= 15 is 0 Å². The molecule has 0 bridgehead atoms. The maximum Gasteiger partial charge on any atom is 0.194 e. The summed E-state index contributed by atoms with van der Waals surface area (Å²) in [7, 11) is 1.72. The second-order valence-corrected chi connectivity index (χ2v) is 6.83. The predicted molar refractivity (Wildman–Crippen MR) is 118 cm³/mol. The molecule has 2 aliphatic heterocycles. The minimum Gasteiger partial charge on any atom is -0.380 e. The van der Waals surface area contributed by atoms with E-state index in [0.717, 1.165) is 51.6 Å². The zero-order valence-corrected chi connectivity index (χ0v) is 18.7. The Morgan fingerprint density at radius 1 is 1.19 bits per heavy atom. The lowest BCUT2D eigenvalue weighted by Gasteiger charge is -2.37. The minimum atomic E-state index is 0. The summed E-state index contributed by atoms with van der Waals surface area (Å²) < 4.78 is 16.9. The predicted octanol–water partition coefficient (Wildman–Crippen LogP) is 2.80. The third-order valence-electron chi connectivity index (χ3n) is 4.85. The Balaban J connectivity index is 0.00000261. The third kappa shape index (κ3) is 6.58. The van der Waals surface area contributed by atoms with Crippen molar-refractivity contribution in [2.24, 2.45) is 4.99 Å². The van der Waals surface area contributed by atoms with Crippen LogP contribution in [0.5, 0.6) is 0 Å². The zero-order valence-electron chi connectivity index (χ0n) is 16.4. The van der Waals surface area contributed by atoms with Crippen LogP contribution < -0.4 is 5.32 Å². The number of nitrogens with zero attached hydrogens (tertiary/aromatic N) is 2. The first kappa shape index (κ1) is 22.4. The molecule has 2 heterocycles. The van der Waals surface area contributed by atoms with Crippen LogP contribution in [0.15, 0.2) is 29.3 Å². The number of ether oxygens (including phenoxy) is 3. The monoisotopic (exact) mass is 489 g/mol. The molecule has 2 atom stereocenters. The van der Waals surface area contributed by atoms with E-state index in [9.17, 15) is 0 Å². The van der Waals surface area contributed by atoms with Gasteiger partial charge in [-0.3, -0.25) is 0 Å². The number of guanidine groups is 1. The van der Waals surface area contributed by atoms with Crippen LogP contribution >= 0.6 is 24.0 Å². The van der Waals surface area contributed by atoms with E-state index in [2.05, 4.69) is 41.4 Å². The summed E-state index contributed by atoms with van der Waals surface area (Å²) in [5.41, 5.74) is 2.38. The van der Waals surface area contributed by atoms with Crippen LogP contribution in [-0.2, 0) is 27.4 Å². The SMILES string of the molecule is CCNC(=NCc1ccc(COC)cc1)N1CCOC(C2CCCO2)C1.I. The van der Waals surface area contributed by atoms with Crippen LogP contribution in [0.2, 0.25) is 0 Å². The Morgan fingerprint density at radius 2 is 1.93 bits per heavy atom. The summed E-state index contributed by atoms with van der Waals surface area (Å²) in [4.78, 5) is 7.15. The topological polar surface area (TPSA) is 55.3 Å². The van der Waals surface area contributed by atoms with Crippen LogP contribution in [0, 0.1) is 0 Å². The van der Waals surface area contributed by atoms with Gasteiger partial charge in [-0.15, -0.1) is 24.0 Å². The van der Waals surface area contributed by atoms with Gasteiger partial charge >= 0.3 is 0 Å². The van der Waals surface area contributed by atoms with E-state index in [1.54, 1.807) is 7.11 Å². The molecule has 7 heteroatoms. The van der Waals surface area contributed by atoms with E-state index in [1.165, 1.54) is 11.1 Å². The lowest BCUT2D eigenvalue weighted by atomic mass is 10.1. The smallest absolute Gasteiger partial charge is 0.194 e. The van der Waals surface area contributed by atoms with Gasteiger partial charge < -0.3 is 24.4 Å². The maximum atomic E-state index is 5.96. The summed E-state index contributed by atoms with van der Waals surface area (Å²) in [6.45, 7) is 7.55. The van der Waals surface area contributed by atoms with Crippen LogP contribution in [0.1, 0.15) is 30.9 Å². The second kappa shape index (κ2) is 11.8. The fourth-order valence-electron chi connectivity index (χ4n) is 3.49. The number of halogens is 1. The van der Waals surface area contributed by atoms with Crippen LogP contribution in [0.3, 0.4) is 0 Å². The van der Waals surface area contributed by atoms with Gasteiger partial charge in [0.15, 0.2) is 5.96 Å². The minimum absolute atomic E-state index is 0. The first-order valence-electron chi connectivity index (χ1n) is 9.63. The maximum absolute atomic E-state index is 5.96. The molecular formula is C20H32IN3O3. The van der Waals surface area contributed by atoms with Gasteiger partial charge in [-0.25, -0.2) is 4.99 Å². The molecule has 2 saturated heterocycles. The fourth-order valence-corrected chi connectivity index (χ4v) is 3.49. The molecule has 27 heavy (non-hydrogen) atoms. The van der Waals surface area contributed by atoms with E-state index in [1.807, 2.05) is 0 Å². The second-order valence-electron chi connectivity index (χ2n) is 6.83. The molecule has 2 aliphatic rings. The zero-order chi connectivity index (χ0) is 18.2. The number of hydrogen-bond acceptors (Lipinski definition) is 4. The van der Waals surface area contributed by atoms with E-state index < -0.39 is 0 Å². The number of aliphatic imine (C=N–C) groups is 1. The van der Waals surface area contributed by atoms with Gasteiger partial charge in [-0.2, -0.15) is 0 Å². The summed E-state index contributed by atoms with van der Waals surface area (Å²) in [5.74, 6) is 0.958. The fraction of sp³-hybridized carbons (Fsp3) is 0.650. The molecule has 1 N–H and O–H groups in total. The van der Waals surface area contributed by atoms with Crippen LogP contribution in [-0.4, -0.2) is 63.0 Å². The van der Waals surface area contributed by atoms with Crippen molar-refractivity contribution < 1.29 is 14.2 Å². The summed E-state index contributed by atoms with van der Waals surface area (Å²) in [6.07, 6.45) is 2.61. The lowest BCUT2D eigenvalue weighted by Crippen LogP contribution is -2.53. The van der Waals surface area contributed by atoms with Gasteiger partial charge in [-0.05, 0) is 30.9 Å². The average molecular weight is 489 g/mol. The number of hydrogen-bond donors (Lipinski definition) is 1. The van der Waals surface area contributed by atoms with Crippen molar-refractivity contribution >= 4 is 29.9 Å². The van der Waals surface area contributed by atoms with Crippen molar-refractivity contribution in [3.63, 3.8) is 0 Å². The van der Waals surface area contributed by atoms with E-state index in [-0.39, 0.29) is 36.2 Å². The molecule has 2 fully saturated rings. The summed E-state index contributed by atoms with van der Waals surface area (Å²) in [6, 6.07) is 8.44. The van der Waals surface area contributed by atoms with Crippen molar-refractivity contribution in [1.29, 1.82) is 0 Å². The van der Waals surface area contributed by atoms with Crippen molar-refractivity contribution in [3.8, 4) is 0 Å². The van der Waals surface area contributed by atoms with Gasteiger partial charge in [0.2, 0.25) is 0 Å². The Kier molecular flexibility index (Phi) is 9.81.